The van der Waals surface area contributed by atoms with Gasteiger partial charge in [-0.05, 0) is 29.8 Å². The van der Waals surface area contributed by atoms with Crippen LogP contribution in [0, 0.1) is 0 Å². The first kappa shape index (κ1) is 10.3. The third kappa shape index (κ3) is 1.67. The maximum absolute atomic E-state index is 12.4. The van der Waals surface area contributed by atoms with Crippen LogP contribution in [0.5, 0.6) is 0 Å². The van der Waals surface area contributed by atoms with Crippen LogP contribution >= 0.6 is 11.6 Å². The molecule has 0 bridgehead atoms. The second-order valence-corrected chi connectivity index (χ2v) is 3.48. The van der Waals surface area contributed by atoms with Crippen molar-refractivity contribution in [3.63, 3.8) is 0 Å². The Morgan fingerprint density at radius 3 is 2.60 bits per heavy atom. The lowest BCUT2D eigenvalue weighted by Gasteiger charge is -2.05. The summed E-state index contributed by atoms with van der Waals surface area (Å²) in [6, 6.07) is 3.36. The van der Waals surface area contributed by atoms with Crippen LogP contribution in [0.4, 0.5) is 13.2 Å². The van der Waals surface area contributed by atoms with E-state index in [4.69, 9.17) is 11.6 Å². The first-order chi connectivity index (χ1) is 6.89. The number of imidazole rings is 1. The molecule has 0 amide bonds. The van der Waals surface area contributed by atoms with Gasteiger partial charge >= 0.3 is 6.18 Å². The van der Waals surface area contributed by atoms with Crippen molar-refractivity contribution >= 4 is 22.6 Å². The molecule has 1 heterocycles. The van der Waals surface area contributed by atoms with Gasteiger partial charge in [0.1, 0.15) is 0 Å². The molecule has 0 fully saturated rings. The van der Waals surface area contributed by atoms with Crippen molar-refractivity contribution in [2.45, 2.75) is 6.18 Å². The van der Waals surface area contributed by atoms with Crippen LogP contribution in [0.2, 0.25) is 5.28 Å². The Hall–Kier alpha value is -1.23. The minimum absolute atomic E-state index is 0.171. The highest BCUT2D eigenvalue weighted by Gasteiger charge is 2.30. The number of nitrogens with zero attached hydrogens (tertiary/aromatic N) is 2. The van der Waals surface area contributed by atoms with Gasteiger partial charge in [-0.25, -0.2) is 4.98 Å². The molecular formula is C9H6ClF3N2. The summed E-state index contributed by atoms with van der Waals surface area (Å²) in [6.07, 6.45) is -4.35. The molecule has 0 N–H and O–H groups in total. The Bertz CT molecular complexity index is 516. The highest BCUT2D eigenvalue weighted by atomic mass is 35.5. The molecule has 6 heteroatoms. The van der Waals surface area contributed by atoms with Crippen LogP contribution in [-0.4, -0.2) is 9.55 Å². The van der Waals surface area contributed by atoms with Crippen LogP contribution in [0.1, 0.15) is 5.56 Å². The molecule has 0 spiro atoms. The highest BCUT2D eigenvalue weighted by molar-refractivity contribution is 6.29. The molecule has 1 aromatic heterocycles. The molecule has 0 saturated heterocycles. The predicted octanol–water partition coefficient (Wildman–Crippen LogP) is 3.25. The lowest BCUT2D eigenvalue weighted by Crippen LogP contribution is -2.04. The van der Waals surface area contributed by atoms with E-state index in [0.29, 0.717) is 5.52 Å². The van der Waals surface area contributed by atoms with Crippen molar-refractivity contribution in [1.29, 1.82) is 0 Å². The van der Waals surface area contributed by atoms with Crippen molar-refractivity contribution in [3.8, 4) is 0 Å². The van der Waals surface area contributed by atoms with Gasteiger partial charge in [0, 0.05) is 7.05 Å². The second-order valence-electron chi connectivity index (χ2n) is 3.14. The first-order valence-corrected chi connectivity index (χ1v) is 4.46. The molecule has 0 unspecified atom stereocenters. The van der Waals surface area contributed by atoms with Gasteiger partial charge in [-0.2, -0.15) is 13.2 Å². The maximum atomic E-state index is 12.4. The lowest BCUT2D eigenvalue weighted by atomic mass is 10.2. The number of halogens is 4. The van der Waals surface area contributed by atoms with Crippen LogP contribution in [-0.2, 0) is 13.2 Å². The Balaban J connectivity index is 2.67. The van der Waals surface area contributed by atoms with Gasteiger partial charge in [0.05, 0.1) is 16.6 Å². The molecule has 1 aromatic carbocycles. The Morgan fingerprint density at radius 1 is 1.33 bits per heavy atom. The number of fused-ring (bicyclic) bond motifs is 1. The molecule has 80 valence electrons. The lowest BCUT2D eigenvalue weighted by molar-refractivity contribution is -0.137. The average Bonchev–Trinajstić information content (AvgIpc) is 2.41. The Labute approximate surface area is 88.3 Å². The summed E-state index contributed by atoms with van der Waals surface area (Å²) in [5, 5.41) is 0.171. The fourth-order valence-electron chi connectivity index (χ4n) is 1.35. The summed E-state index contributed by atoms with van der Waals surface area (Å²) >= 11 is 5.69. The fourth-order valence-corrected chi connectivity index (χ4v) is 1.53. The standard InChI is InChI=1S/C9H6ClF3N2/c1-15-7-3-2-5(9(11,12)13)4-6(7)14-8(15)10/h2-4H,1H3. The van der Waals surface area contributed by atoms with Crippen LogP contribution in [0.3, 0.4) is 0 Å². The van der Waals surface area contributed by atoms with Crippen molar-refractivity contribution in [3.05, 3.63) is 29.0 Å². The predicted molar refractivity (Wildman–Crippen MR) is 50.7 cm³/mol. The van der Waals surface area contributed by atoms with Crippen LogP contribution in [0.15, 0.2) is 18.2 Å². The first-order valence-electron chi connectivity index (χ1n) is 4.09. The number of hydrogen-bond acceptors (Lipinski definition) is 1. The van der Waals surface area contributed by atoms with Gasteiger partial charge in [-0.15, -0.1) is 0 Å². The van der Waals surface area contributed by atoms with Gasteiger partial charge in [-0.1, -0.05) is 0 Å². The largest absolute Gasteiger partial charge is 0.416 e. The van der Waals surface area contributed by atoms with Crippen molar-refractivity contribution in [2.24, 2.45) is 7.05 Å². The molecule has 2 nitrogen and oxygen atoms in total. The van der Waals surface area contributed by atoms with E-state index in [0.717, 1.165) is 12.1 Å². The van der Waals surface area contributed by atoms with E-state index in [9.17, 15) is 13.2 Å². The molecule has 0 aliphatic rings. The summed E-state index contributed by atoms with van der Waals surface area (Å²) < 4.78 is 38.6. The second kappa shape index (κ2) is 3.13. The van der Waals surface area contributed by atoms with Gasteiger partial charge < -0.3 is 4.57 Å². The number of rotatable bonds is 0. The smallest absolute Gasteiger partial charge is 0.318 e. The molecule has 2 aromatic rings. The Kier molecular flexibility index (Phi) is 2.15. The minimum atomic E-state index is -4.35. The number of benzene rings is 1. The molecule has 0 radical (unpaired) electrons. The fraction of sp³-hybridized carbons (Fsp3) is 0.222. The van der Waals surface area contributed by atoms with Crippen LogP contribution < -0.4 is 0 Å². The molecule has 0 saturated carbocycles. The zero-order valence-corrected chi connectivity index (χ0v) is 8.39. The summed E-state index contributed by atoms with van der Waals surface area (Å²) in [5.41, 5.74) is 0.107. The molecule has 0 aliphatic heterocycles. The SMILES string of the molecule is Cn1c(Cl)nc2cc(C(F)(F)F)ccc21. The topological polar surface area (TPSA) is 17.8 Å². The van der Waals surface area contributed by atoms with Gasteiger partial charge in [0.15, 0.2) is 0 Å². The van der Waals surface area contributed by atoms with Gasteiger partial charge in [0.2, 0.25) is 5.28 Å². The summed E-state index contributed by atoms with van der Waals surface area (Å²) in [4.78, 5) is 3.82. The van der Waals surface area contributed by atoms with E-state index in [2.05, 4.69) is 4.98 Å². The van der Waals surface area contributed by atoms with E-state index >= 15 is 0 Å². The van der Waals surface area contributed by atoms with Crippen molar-refractivity contribution in [1.82, 2.24) is 9.55 Å². The normalized spacial score (nSPS) is 12.3. The van der Waals surface area contributed by atoms with Gasteiger partial charge in [-0.3, -0.25) is 0 Å². The quantitative estimate of drug-likeness (QED) is 0.684. The number of aromatic nitrogens is 2. The van der Waals surface area contributed by atoms with E-state index in [-0.39, 0.29) is 10.8 Å². The zero-order chi connectivity index (χ0) is 11.2. The molecular weight excluding hydrogens is 229 g/mol. The summed E-state index contributed by atoms with van der Waals surface area (Å²) in [6.45, 7) is 0. The number of hydrogen-bond donors (Lipinski definition) is 0. The molecule has 2 rings (SSSR count). The van der Waals surface area contributed by atoms with E-state index < -0.39 is 11.7 Å². The monoisotopic (exact) mass is 234 g/mol. The molecule has 0 atom stereocenters. The average molecular weight is 235 g/mol. The Morgan fingerprint density at radius 2 is 2.00 bits per heavy atom. The van der Waals surface area contributed by atoms with Crippen LogP contribution in [0.25, 0.3) is 11.0 Å². The van der Waals surface area contributed by atoms with E-state index in [1.165, 1.54) is 10.6 Å². The number of alkyl halides is 3. The third-order valence-electron chi connectivity index (χ3n) is 2.15. The highest BCUT2D eigenvalue weighted by Crippen LogP contribution is 2.31. The third-order valence-corrected chi connectivity index (χ3v) is 2.49. The van der Waals surface area contributed by atoms with Crippen molar-refractivity contribution in [2.75, 3.05) is 0 Å². The van der Waals surface area contributed by atoms with E-state index in [1.807, 2.05) is 0 Å². The number of aryl methyl sites for hydroxylation is 1. The van der Waals surface area contributed by atoms with Crippen molar-refractivity contribution < 1.29 is 13.2 Å². The minimum Gasteiger partial charge on any atom is -0.318 e. The molecule has 0 aliphatic carbocycles. The van der Waals surface area contributed by atoms with Gasteiger partial charge in [0.25, 0.3) is 0 Å². The maximum Gasteiger partial charge on any atom is 0.416 e. The zero-order valence-electron chi connectivity index (χ0n) is 7.64. The summed E-state index contributed by atoms with van der Waals surface area (Å²) in [5.74, 6) is 0. The molecule has 15 heavy (non-hydrogen) atoms. The summed E-state index contributed by atoms with van der Waals surface area (Å²) in [7, 11) is 1.64. The van der Waals surface area contributed by atoms with E-state index in [1.54, 1.807) is 7.05 Å².